The molecule has 0 N–H and O–H groups in total. The van der Waals surface area contributed by atoms with Crippen molar-refractivity contribution in [2.45, 2.75) is 11.3 Å². The summed E-state index contributed by atoms with van der Waals surface area (Å²) in [5.41, 5.74) is 4.45. The van der Waals surface area contributed by atoms with Crippen molar-refractivity contribution in [2.75, 3.05) is 31.9 Å². The molecule has 4 aromatic rings. The fourth-order valence-electron chi connectivity index (χ4n) is 5.16. The Morgan fingerprint density at radius 2 is 1.00 bits per heavy atom. The Kier molecular flexibility index (Phi) is 8.36. The third kappa shape index (κ3) is 6.13. The van der Waals surface area contributed by atoms with Crippen LogP contribution in [-0.4, -0.2) is 52.2 Å². The van der Waals surface area contributed by atoms with E-state index in [4.69, 9.17) is 0 Å². The van der Waals surface area contributed by atoms with E-state index in [1.54, 1.807) is 0 Å². The number of hydrogen-bond donors (Lipinski definition) is 0. The average molecular weight is 509 g/mol. The highest BCUT2D eigenvalue weighted by molar-refractivity contribution is 7.92. The number of piperazine rings is 1. The molecule has 1 aliphatic rings. The molecule has 0 aliphatic carbocycles. The fourth-order valence-corrected chi connectivity index (χ4v) is 6.68. The van der Waals surface area contributed by atoms with Crippen LogP contribution in [0.1, 0.15) is 33.5 Å². The SMILES string of the molecule is O=C(C[S+]([O-])C(c1ccccc1)c1ccccc1)N1CCN(C(c2ccccc2)c2ccccc2)CC1. The van der Waals surface area contributed by atoms with Crippen LogP contribution in [0.2, 0.25) is 0 Å². The van der Waals surface area contributed by atoms with E-state index in [1.165, 1.54) is 11.1 Å². The molecule has 0 spiro atoms. The summed E-state index contributed by atoms with van der Waals surface area (Å²) in [5.74, 6) is -0.0132. The monoisotopic (exact) mass is 508 g/mol. The van der Waals surface area contributed by atoms with Crippen molar-refractivity contribution in [3.63, 3.8) is 0 Å². The van der Waals surface area contributed by atoms with Gasteiger partial charge in [0.25, 0.3) is 5.91 Å². The van der Waals surface area contributed by atoms with Crippen molar-refractivity contribution in [2.24, 2.45) is 0 Å². The van der Waals surface area contributed by atoms with Crippen molar-refractivity contribution < 1.29 is 9.35 Å². The zero-order chi connectivity index (χ0) is 25.5. The third-order valence-corrected chi connectivity index (χ3v) is 8.60. The fraction of sp³-hybridized carbons (Fsp3) is 0.219. The van der Waals surface area contributed by atoms with Gasteiger partial charge in [-0.05, 0) is 22.3 Å². The molecule has 4 aromatic carbocycles. The first kappa shape index (κ1) is 25.3. The molecule has 1 amide bonds. The summed E-state index contributed by atoms with van der Waals surface area (Å²) in [7, 11) is 0. The lowest BCUT2D eigenvalue weighted by Crippen LogP contribution is -2.51. The number of nitrogens with zero attached hydrogens (tertiary/aromatic N) is 2. The quantitative estimate of drug-likeness (QED) is 0.297. The predicted octanol–water partition coefficient (Wildman–Crippen LogP) is 5.46. The van der Waals surface area contributed by atoms with Crippen LogP contribution < -0.4 is 0 Å². The normalized spacial score (nSPS) is 15.2. The summed E-state index contributed by atoms with van der Waals surface area (Å²) >= 11 is -1.37. The van der Waals surface area contributed by atoms with Gasteiger partial charge in [-0.15, -0.1) is 0 Å². The van der Waals surface area contributed by atoms with Crippen LogP contribution in [0.3, 0.4) is 0 Å². The molecule has 4 nitrogen and oxygen atoms in total. The smallest absolute Gasteiger partial charge is 0.272 e. The lowest BCUT2D eigenvalue weighted by Gasteiger charge is -2.40. The largest absolute Gasteiger partial charge is 0.615 e. The number of amides is 1. The van der Waals surface area contributed by atoms with E-state index in [9.17, 15) is 9.35 Å². The highest BCUT2D eigenvalue weighted by Crippen LogP contribution is 2.32. The van der Waals surface area contributed by atoms with Crippen molar-refractivity contribution >= 4 is 17.1 Å². The highest BCUT2D eigenvalue weighted by Gasteiger charge is 2.33. The van der Waals surface area contributed by atoms with Crippen LogP contribution in [0.25, 0.3) is 0 Å². The van der Waals surface area contributed by atoms with Crippen molar-refractivity contribution in [3.8, 4) is 0 Å². The predicted molar refractivity (Wildman–Crippen MR) is 151 cm³/mol. The Balaban J connectivity index is 1.27. The summed E-state index contributed by atoms with van der Waals surface area (Å²) in [6.07, 6.45) is 0. The van der Waals surface area contributed by atoms with Gasteiger partial charge in [0.2, 0.25) is 0 Å². The second-order valence-electron chi connectivity index (χ2n) is 9.37. The van der Waals surface area contributed by atoms with Gasteiger partial charge in [0.05, 0.1) is 6.04 Å². The zero-order valence-electron chi connectivity index (χ0n) is 20.9. The van der Waals surface area contributed by atoms with Gasteiger partial charge in [0.1, 0.15) is 0 Å². The minimum absolute atomic E-state index is 0.0231. The van der Waals surface area contributed by atoms with Gasteiger partial charge in [-0.2, -0.15) is 0 Å². The molecule has 0 bridgehead atoms. The van der Waals surface area contributed by atoms with Crippen LogP contribution in [0, 0.1) is 0 Å². The maximum Gasteiger partial charge on any atom is 0.272 e. The van der Waals surface area contributed by atoms with Crippen molar-refractivity contribution in [3.05, 3.63) is 144 Å². The number of carbonyl (C=O) groups is 1. The van der Waals surface area contributed by atoms with Crippen LogP contribution in [0.4, 0.5) is 0 Å². The van der Waals surface area contributed by atoms with Gasteiger partial charge in [-0.25, -0.2) is 0 Å². The summed E-state index contributed by atoms with van der Waals surface area (Å²) in [6.45, 7) is 2.81. The molecule has 37 heavy (non-hydrogen) atoms. The minimum atomic E-state index is -1.37. The minimum Gasteiger partial charge on any atom is -0.615 e. The maximum absolute atomic E-state index is 13.6. The Morgan fingerprint density at radius 1 is 0.622 bits per heavy atom. The maximum atomic E-state index is 13.6. The van der Waals surface area contributed by atoms with Crippen LogP contribution >= 0.6 is 0 Å². The summed E-state index contributed by atoms with van der Waals surface area (Å²) in [6, 6.07) is 41.0. The third-order valence-electron chi connectivity index (χ3n) is 7.00. The Labute approximate surface area is 222 Å². The van der Waals surface area contributed by atoms with E-state index < -0.39 is 11.2 Å². The van der Waals surface area contributed by atoms with E-state index in [1.807, 2.05) is 77.7 Å². The van der Waals surface area contributed by atoms with E-state index in [-0.39, 0.29) is 23.0 Å². The van der Waals surface area contributed by atoms with E-state index in [0.717, 1.165) is 24.2 Å². The van der Waals surface area contributed by atoms with Gasteiger partial charge in [0.15, 0.2) is 11.0 Å². The van der Waals surface area contributed by atoms with Gasteiger partial charge < -0.3 is 9.45 Å². The first-order valence-corrected chi connectivity index (χ1v) is 14.2. The average Bonchev–Trinajstić information content (AvgIpc) is 2.96. The molecule has 0 aromatic heterocycles. The van der Waals surface area contributed by atoms with Gasteiger partial charge in [-0.1, -0.05) is 121 Å². The lowest BCUT2D eigenvalue weighted by molar-refractivity contribution is -0.130. The van der Waals surface area contributed by atoms with E-state index in [0.29, 0.717) is 13.1 Å². The van der Waals surface area contributed by atoms with Gasteiger partial charge >= 0.3 is 0 Å². The van der Waals surface area contributed by atoms with Gasteiger partial charge in [0, 0.05) is 37.3 Å². The summed E-state index contributed by atoms with van der Waals surface area (Å²) < 4.78 is 13.6. The Morgan fingerprint density at radius 3 is 1.41 bits per heavy atom. The first-order chi connectivity index (χ1) is 18.2. The standard InChI is InChI=1S/C32H32N2O2S/c35-30(25-37(36)32(28-17-9-3-10-18-28)29-19-11-4-12-20-29)33-21-23-34(24-22-33)31(26-13-5-1-6-14-26)27-15-7-2-8-16-27/h1-20,31-32H,21-25H2. The highest BCUT2D eigenvalue weighted by atomic mass is 32.2. The molecular weight excluding hydrogens is 476 g/mol. The lowest BCUT2D eigenvalue weighted by atomic mass is 9.96. The van der Waals surface area contributed by atoms with Crippen LogP contribution in [0.5, 0.6) is 0 Å². The van der Waals surface area contributed by atoms with Crippen molar-refractivity contribution in [1.82, 2.24) is 9.80 Å². The number of hydrogen-bond acceptors (Lipinski definition) is 3. The molecular formula is C32H32N2O2S. The Hall–Kier alpha value is -3.38. The van der Waals surface area contributed by atoms with Crippen molar-refractivity contribution in [1.29, 1.82) is 0 Å². The van der Waals surface area contributed by atoms with E-state index in [2.05, 4.69) is 53.4 Å². The molecule has 5 heteroatoms. The summed E-state index contributed by atoms with van der Waals surface area (Å²) in [5, 5.41) is -0.326. The molecule has 1 atom stereocenters. The molecule has 1 fully saturated rings. The topological polar surface area (TPSA) is 46.6 Å². The van der Waals surface area contributed by atoms with Crippen LogP contribution in [0.15, 0.2) is 121 Å². The molecule has 1 heterocycles. The molecule has 1 aliphatic heterocycles. The molecule has 1 unspecified atom stereocenters. The molecule has 5 rings (SSSR count). The second-order valence-corrected chi connectivity index (χ2v) is 10.9. The van der Waals surface area contributed by atoms with E-state index >= 15 is 0 Å². The molecule has 0 radical (unpaired) electrons. The Bertz CT molecular complexity index is 1170. The van der Waals surface area contributed by atoms with Crippen LogP contribution in [-0.2, 0) is 16.0 Å². The molecule has 188 valence electrons. The number of carbonyl (C=O) groups excluding carboxylic acids is 1. The first-order valence-electron chi connectivity index (χ1n) is 12.8. The number of rotatable bonds is 8. The number of benzene rings is 4. The zero-order valence-corrected chi connectivity index (χ0v) is 21.7. The molecule has 0 saturated carbocycles. The van der Waals surface area contributed by atoms with Gasteiger partial charge in [-0.3, -0.25) is 9.69 Å². The molecule has 1 saturated heterocycles. The summed E-state index contributed by atoms with van der Waals surface area (Å²) in [4.78, 5) is 17.6. The second kappa shape index (κ2) is 12.2.